The summed E-state index contributed by atoms with van der Waals surface area (Å²) < 4.78 is 0. The summed E-state index contributed by atoms with van der Waals surface area (Å²) >= 11 is 0. The van der Waals surface area contributed by atoms with Gasteiger partial charge in [-0.05, 0) is 35.7 Å². The van der Waals surface area contributed by atoms with Crippen LogP contribution >= 0.6 is 12.4 Å². The van der Waals surface area contributed by atoms with Gasteiger partial charge >= 0.3 is 0 Å². The fourth-order valence-corrected chi connectivity index (χ4v) is 3.07. The quantitative estimate of drug-likeness (QED) is 0.556. The number of nitrogens with zero attached hydrogens (tertiary/aromatic N) is 2. The van der Waals surface area contributed by atoms with Crippen LogP contribution in [-0.4, -0.2) is 21.1 Å². The summed E-state index contributed by atoms with van der Waals surface area (Å²) in [6, 6.07) is 17.4. The zero-order valence-corrected chi connectivity index (χ0v) is 16.9. The third kappa shape index (κ3) is 4.97. The fraction of sp³-hybridized carbons (Fsp3) is 0.286. The van der Waals surface area contributed by atoms with Crippen molar-refractivity contribution in [2.24, 2.45) is 11.7 Å². The summed E-state index contributed by atoms with van der Waals surface area (Å²) in [4.78, 5) is 17.3. The number of aromatic nitrogens is 3. The lowest BCUT2D eigenvalue weighted by atomic mass is 9.85. The van der Waals surface area contributed by atoms with Crippen molar-refractivity contribution in [2.75, 3.05) is 5.32 Å². The van der Waals surface area contributed by atoms with Gasteiger partial charge in [0.15, 0.2) is 5.82 Å². The van der Waals surface area contributed by atoms with E-state index >= 15 is 0 Å². The van der Waals surface area contributed by atoms with Gasteiger partial charge in [0.2, 0.25) is 5.91 Å². The number of halogens is 1. The molecule has 2 atom stereocenters. The largest absolute Gasteiger partial charge is 0.326 e. The second-order valence-electron chi connectivity index (χ2n) is 6.65. The molecule has 1 amide bonds. The van der Waals surface area contributed by atoms with Crippen LogP contribution in [0.2, 0.25) is 0 Å². The van der Waals surface area contributed by atoms with Crippen molar-refractivity contribution in [3.05, 3.63) is 66.0 Å². The number of hydrogen-bond donors (Lipinski definition) is 3. The average molecular weight is 400 g/mol. The first-order valence-electron chi connectivity index (χ1n) is 9.20. The summed E-state index contributed by atoms with van der Waals surface area (Å²) in [5.74, 6) is 1.30. The van der Waals surface area contributed by atoms with E-state index in [1.807, 2.05) is 54.6 Å². The molecule has 0 saturated heterocycles. The highest BCUT2D eigenvalue weighted by atomic mass is 35.5. The Bertz CT molecular complexity index is 879. The summed E-state index contributed by atoms with van der Waals surface area (Å²) in [5, 5.41) is 9.99. The summed E-state index contributed by atoms with van der Waals surface area (Å²) in [6.07, 6.45) is 0.931. The van der Waals surface area contributed by atoms with E-state index in [1.165, 1.54) is 0 Å². The topological polar surface area (TPSA) is 96.7 Å². The van der Waals surface area contributed by atoms with Crippen LogP contribution in [0.4, 0.5) is 5.69 Å². The van der Waals surface area contributed by atoms with Crippen LogP contribution in [0.1, 0.15) is 37.6 Å². The molecule has 0 aliphatic rings. The Labute approximate surface area is 171 Å². The van der Waals surface area contributed by atoms with Gasteiger partial charge in [0.25, 0.3) is 0 Å². The molecule has 6 nitrogen and oxygen atoms in total. The number of carbonyl (C=O) groups excluding carboxylic acids is 1. The highest BCUT2D eigenvalue weighted by Gasteiger charge is 2.25. The van der Waals surface area contributed by atoms with Gasteiger partial charge in [0.1, 0.15) is 5.82 Å². The van der Waals surface area contributed by atoms with Gasteiger partial charge in [-0.1, -0.05) is 50.6 Å². The Hall–Kier alpha value is -2.70. The number of hydrogen-bond acceptors (Lipinski definition) is 4. The molecule has 0 bridgehead atoms. The van der Waals surface area contributed by atoms with Crippen molar-refractivity contribution in [1.82, 2.24) is 15.2 Å². The normalized spacial score (nSPS) is 12.7. The molecule has 2 aromatic carbocycles. The molecular formula is C21H26ClN5O. The number of benzene rings is 2. The first-order chi connectivity index (χ1) is 13.1. The maximum atomic E-state index is 13.0. The van der Waals surface area contributed by atoms with Gasteiger partial charge in [0, 0.05) is 11.3 Å². The van der Waals surface area contributed by atoms with Crippen molar-refractivity contribution in [2.45, 2.75) is 32.7 Å². The lowest BCUT2D eigenvalue weighted by molar-refractivity contribution is -0.118. The molecule has 148 valence electrons. The van der Waals surface area contributed by atoms with Crippen molar-refractivity contribution in [1.29, 1.82) is 0 Å². The summed E-state index contributed by atoms with van der Waals surface area (Å²) in [5.41, 5.74) is 8.21. The predicted octanol–water partition coefficient (Wildman–Crippen LogP) is 4.12. The molecule has 0 radical (unpaired) electrons. The zero-order chi connectivity index (χ0) is 19.2. The van der Waals surface area contributed by atoms with Crippen LogP contribution in [0, 0.1) is 5.92 Å². The van der Waals surface area contributed by atoms with Crippen LogP contribution in [-0.2, 0) is 11.3 Å². The second-order valence-corrected chi connectivity index (χ2v) is 6.65. The molecule has 7 heteroatoms. The number of aromatic amines is 1. The van der Waals surface area contributed by atoms with E-state index in [1.54, 1.807) is 0 Å². The molecule has 0 aliphatic carbocycles. The highest BCUT2D eigenvalue weighted by Crippen LogP contribution is 2.29. The molecule has 2 unspecified atom stereocenters. The molecule has 1 heterocycles. The van der Waals surface area contributed by atoms with Crippen molar-refractivity contribution in [3.8, 4) is 11.4 Å². The summed E-state index contributed by atoms with van der Waals surface area (Å²) in [7, 11) is 0. The molecule has 3 rings (SSSR count). The van der Waals surface area contributed by atoms with Crippen LogP contribution in [0.5, 0.6) is 0 Å². The standard InChI is InChI=1S/C21H25N5O.ClH/c1-3-14(2)19(15-7-5-4-6-8-15)21(27)23-17-11-9-16(10-12-17)20-24-18(13-22)25-26-20;/h4-12,14,19H,3,13,22H2,1-2H3,(H,23,27)(H,24,25,26);1H. The van der Waals surface area contributed by atoms with Gasteiger partial charge in [-0.25, -0.2) is 4.98 Å². The minimum absolute atomic E-state index is 0. The molecular weight excluding hydrogens is 374 g/mol. The lowest BCUT2D eigenvalue weighted by Crippen LogP contribution is -2.26. The van der Waals surface area contributed by atoms with Crippen molar-refractivity contribution < 1.29 is 4.79 Å². The van der Waals surface area contributed by atoms with Crippen molar-refractivity contribution in [3.63, 3.8) is 0 Å². The third-order valence-corrected chi connectivity index (χ3v) is 4.79. The van der Waals surface area contributed by atoms with E-state index in [0.29, 0.717) is 18.2 Å². The molecule has 0 fully saturated rings. The van der Waals surface area contributed by atoms with Crippen LogP contribution in [0.3, 0.4) is 0 Å². The molecule has 4 N–H and O–H groups in total. The molecule has 28 heavy (non-hydrogen) atoms. The maximum absolute atomic E-state index is 13.0. The van der Waals surface area contributed by atoms with Gasteiger partial charge < -0.3 is 11.1 Å². The van der Waals surface area contributed by atoms with Gasteiger partial charge in [-0.3, -0.25) is 9.89 Å². The average Bonchev–Trinajstić information content (AvgIpc) is 3.18. The van der Waals surface area contributed by atoms with E-state index in [0.717, 1.165) is 23.2 Å². The molecule has 1 aromatic heterocycles. The SMILES string of the molecule is CCC(C)C(C(=O)Nc1ccc(-c2n[nH]c(CN)n2)cc1)c1ccccc1.Cl. The number of rotatable bonds is 7. The Morgan fingerprint density at radius 3 is 2.39 bits per heavy atom. The van der Waals surface area contributed by atoms with E-state index in [9.17, 15) is 4.79 Å². The number of nitrogens with two attached hydrogens (primary N) is 1. The Kier molecular flexibility index (Phi) is 7.72. The Morgan fingerprint density at radius 2 is 1.82 bits per heavy atom. The van der Waals surface area contributed by atoms with E-state index < -0.39 is 0 Å². The molecule has 0 spiro atoms. The minimum Gasteiger partial charge on any atom is -0.326 e. The lowest BCUT2D eigenvalue weighted by Gasteiger charge is -2.22. The predicted molar refractivity (Wildman–Crippen MR) is 114 cm³/mol. The van der Waals surface area contributed by atoms with E-state index in [4.69, 9.17) is 5.73 Å². The Balaban J connectivity index is 0.00000280. The number of carbonyl (C=O) groups is 1. The third-order valence-electron chi connectivity index (χ3n) is 4.79. The fourth-order valence-electron chi connectivity index (χ4n) is 3.07. The van der Waals surface area contributed by atoms with Crippen molar-refractivity contribution >= 4 is 24.0 Å². The number of nitrogens with one attached hydrogen (secondary N) is 2. The zero-order valence-electron chi connectivity index (χ0n) is 16.1. The second kappa shape index (κ2) is 10.0. The Morgan fingerprint density at radius 1 is 1.14 bits per heavy atom. The number of amides is 1. The minimum atomic E-state index is -0.184. The van der Waals surface area contributed by atoms with Crippen LogP contribution in [0.15, 0.2) is 54.6 Å². The first kappa shape index (κ1) is 21.6. The van der Waals surface area contributed by atoms with Crippen LogP contribution < -0.4 is 11.1 Å². The van der Waals surface area contributed by atoms with E-state index in [-0.39, 0.29) is 30.2 Å². The maximum Gasteiger partial charge on any atom is 0.232 e. The van der Waals surface area contributed by atoms with Crippen LogP contribution in [0.25, 0.3) is 11.4 Å². The smallest absolute Gasteiger partial charge is 0.232 e. The molecule has 0 aliphatic heterocycles. The first-order valence-corrected chi connectivity index (χ1v) is 9.20. The molecule has 0 saturated carbocycles. The van der Waals surface area contributed by atoms with Gasteiger partial charge in [-0.2, -0.15) is 5.10 Å². The van der Waals surface area contributed by atoms with E-state index in [2.05, 4.69) is 34.3 Å². The van der Waals surface area contributed by atoms with Gasteiger partial charge in [0.05, 0.1) is 12.5 Å². The monoisotopic (exact) mass is 399 g/mol. The highest BCUT2D eigenvalue weighted by molar-refractivity contribution is 5.96. The van der Waals surface area contributed by atoms with Gasteiger partial charge in [-0.15, -0.1) is 12.4 Å². The number of anilines is 1. The number of H-pyrrole nitrogens is 1. The summed E-state index contributed by atoms with van der Waals surface area (Å²) in [6.45, 7) is 4.53. The molecule has 3 aromatic rings.